The number of carboxylic acid groups (broad SMARTS) is 1. The predicted octanol–water partition coefficient (Wildman–Crippen LogP) is 1.18. The lowest BCUT2D eigenvalue weighted by atomic mass is 10.1. The fraction of sp³-hybridized carbons (Fsp3) is 0.583. The number of aliphatic carboxylic acids is 1. The Bertz CT molecular complexity index is 458. The van der Waals surface area contributed by atoms with E-state index in [9.17, 15) is 9.59 Å². The van der Waals surface area contributed by atoms with Crippen LogP contribution in [0.5, 0.6) is 0 Å². The second-order valence-electron chi connectivity index (χ2n) is 4.42. The van der Waals surface area contributed by atoms with Crippen LogP contribution in [0, 0.1) is 5.92 Å². The molecule has 1 saturated heterocycles. The molecule has 1 unspecified atom stereocenters. The Labute approximate surface area is 109 Å². The zero-order valence-corrected chi connectivity index (χ0v) is 11.1. The van der Waals surface area contributed by atoms with Crippen LogP contribution in [0.25, 0.3) is 0 Å². The van der Waals surface area contributed by atoms with Gasteiger partial charge in [-0.2, -0.15) is 0 Å². The number of thiazole rings is 1. The molecule has 1 aliphatic heterocycles. The molecule has 5 nitrogen and oxygen atoms in total. The molecule has 2 heterocycles. The number of carbonyl (C=O) groups is 2. The standard InChI is InChI=1S/C12H16N2O3S/c1-2-10-13-9(7-18-10)3-4-14-6-8(12(16)17)5-11(14)15/h7-8H,2-6H2,1H3,(H,16,17). The number of rotatable bonds is 5. The number of nitrogens with zero attached hydrogens (tertiary/aromatic N) is 2. The third-order valence-electron chi connectivity index (χ3n) is 3.10. The summed E-state index contributed by atoms with van der Waals surface area (Å²) in [5.74, 6) is -1.49. The first-order valence-corrected chi connectivity index (χ1v) is 6.92. The van der Waals surface area contributed by atoms with E-state index < -0.39 is 11.9 Å². The molecule has 1 fully saturated rings. The van der Waals surface area contributed by atoms with Crippen LogP contribution in [-0.4, -0.2) is 40.0 Å². The molecule has 1 atom stereocenters. The average Bonchev–Trinajstić information content (AvgIpc) is 2.93. The number of aryl methyl sites for hydroxylation is 1. The van der Waals surface area contributed by atoms with Gasteiger partial charge in [-0.25, -0.2) is 4.98 Å². The summed E-state index contributed by atoms with van der Waals surface area (Å²) in [6.45, 7) is 2.96. The van der Waals surface area contributed by atoms with Crippen LogP contribution in [0.3, 0.4) is 0 Å². The largest absolute Gasteiger partial charge is 0.481 e. The third-order valence-corrected chi connectivity index (χ3v) is 4.15. The average molecular weight is 268 g/mol. The van der Waals surface area contributed by atoms with E-state index in [1.165, 1.54) is 0 Å². The second kappa shape index (κ2) is 5.48. The Kier molecular flexibility index (Phi) is 3.96. The molecular weight excluding hydrogens is 252 g/mol. The topological polar surface area (TPSA) is 70.5 Å². The summed E-state index contributed by atoms with van der Waals surface area (Å²) in [7, 11) is 0. The highest BCUT2D eigenvalue weighted by Crippen LogP contribution is 2.19. The molecule has 0 radical (unpaired) electrons. The molecule has 98 valence electrons. The zero-order chi connectivity index (χ0) is 13.1. The first kappa shape index (κ1) is 13.0. The van der Waals surface area contributed by atoms with E-state index >= 15 is 0 Å². The van der Waals surface area contributed by atoms with Gasteiger partial charge in [0.25, 0.3) is 0 Å². The lowest BCUT2D eigenvalue weighted by molar-refractivity contribution is -0.141. The van der Waals surface area contributed by atoms with E-state index in [0.29, 0.717) is 19.5 Å². The summed E-state index contributed by atoms with van der Waals surface area (Å²) in [6, 6.07) is 0. The molecule has 0 aliphatic carbocycles. The smallest absolute Gasteiger partial charge is 0.308 e. The lowest BCUT2D eigenvalue weighted by Gasteiger charge is -2.14. The Morgan fingerprint density at radius 2 is 2.44 bits per heavy atom. The van der Waals surface area contributed by atoms with E-state index in [1.54, 1.807) is 16.2 Å². The third kappa shape index (κ3) is 2.87. The van der Waals surface area contributed by atoms with Crippen LogP contribution in [0.4, 0.5) is 0 Å². The first-order valence-electron chi connectivity index (χ1n) is 6.04. The number of likely N-dealkylation sites (tertiary alicyclic amines) is 1. The maximum atomic E-state index is 11.6. The molecule has 0 bridgehead atoms. The first-order chi connectivity index (χ1) is 8.60. The second-order valence-corrected chi connectivity index (χ2v) is 5.36. The molecule has 1 aromatic heterocycles. The summed E-state index contributed by atoms with van der Waals surface area (Å²) >= 11 is 1.63. The van der Waals surface area contributed by atoms with Crippen LogP contribution >= 0.6 is 11.3 Å². The van der Waals surface area contributed by atoms with Crippen molar-refractivity contribution in [2.45, 2.75) is 26.2 Å². The highest BCUT2D eigenvalue weighted by molar-refractivity contribution is 7.09. The van der Waals surface area contributed by atoms with E-state index in [4.69, 9.17) is 5.11 Å². The van der Waals surface area contributed by atoms with Gasteiger partial charge < -0.3 is 10.0 Å². The molecule has 0 saturated carbocycles. The van der Waals surface area contributed by atoms with E-state index in [1.807, 2.05) is 5.38 Å². The molecule has 2 rings (SSSR count). The maximum absolute atomic E-state index is 11.6. The number of hydrogen-bond acceptors (Lipinski definition) is 4. The van der Waals surface area contributed by atoms with Crippen molar-refractivity contribution >= 4 is 23.2 Å². The minimum absolute atomic E-state index is 0.0617. The summed E-state index contributed by atoms with van der Waals surface area (Å²) < 4.78 is 0. The molecule has 18 heavy (non-hydrogen) atoms. The highest BCUT2D eigenvalue weighted by atomic mass is 32.1. The van der Waals surface area contributed by atoms with Crippen molar-refractivity contribution in [2.75, 3.05) is 13.1 Å². The minimum atomic E-state index is -0.882. The van der Waals surface area contributed by atoms with Crippen molar-refractivity contribution < 1.29 is 14.7 Å². The quantitative estimate of drug-likeness (QED) is 0.870. The monoisotopic (exact) mass is 268 g/mol. The van der Waals surface area contributed by atoms with Crippen molar-refractivity contribution in [2.24, 2.45) is 5.92 Å². The SMILES string of the molecule is CCc1nc(CCN2CC(C(=O)O)CC2=O)cs1. The summed E-state index contributed by atoms with van der Waals surface area (Å²) in [5.41, 5.74) is 0.989. The molecule has 1 aliphatic rings. The molecule has 0 spiro atoms. The van der Waals surface area contributed by atoms with Crippen LogP contribution in [0.15, 0.2) is 5.38 Å². The summed E-state index contributed by atoms with van der Waals surface area (Å²) in [4.78, 5) is 28.5. The number of amides is 1. The van der Waals surface area contributed by atoms with Gasteiger partial charge in [0.2, 0.25) is 5.91 Å². The van der Waals surface area contributed by atoms with Crippen LogP contribution in [0.1, 0.15) is 24.0 Å². The minimum Gasteiger partial charge on any atom is -0.481 e. The number of carboxylic acids is 1. The van der Waals surface area contributed by atoms with Gasteiger partial charge >= 0.3 is 5.97 Å². The zero-order valence-electron chi connectivity index (χ0n) is 10.3. The van der Waals surface area contributed by atoms with Crippen molar-refractivity contribution in [1.82, 2.24) is 9.88 Å². The van der Waals surface area contributed by atoms with Crippen LogP contribution < -0.4 is 0 Å². The molecule has 6 heteroatoms. The van der Waals surface area contributed by atoms with Gasteiger partial charge in [-0.15, -0.1) is 11.3 Å². The molecule has 0 aromatic carbocycles. The Balaban J connectivity index is 1.87. The Morgan fingerprint density at radius 3 is 3.00 bits per heavy atom. The fourth-order valence-corrected chi connectivity index (χ4v) is 2.81. The van der Waals surface area contributed by atoms with Gasteiger partial charge in [0.15, 0.2) is 0 Å². The fourth-order valence-electron chi connectivity index (χ4n) is 2.03. The van der Waals surface area contributed by atoms with Gasteiger partial charge in [-0.05, 0) is 6.42 Å². The lowest BCUT2D eigenvalue weighted by Crippen LogP contribution is -2.28. The Morgan fingerprint density at radius 1 is 1.67 bits per heavy atom. The molecule has 1 amide bonds. The van der Waals surface area contributed by atoms with Gasteiger partial charge in [-0.1, -0.05) is 6.92 Å². The van der Waals surface area contributed by atoms with Crippen molar-refractivity contribution in [3.8, 4) is 0 Å². The predicted molar refractivity (Wildman–Crippen MR) is 67.5 cm³/mol. The number of hydrogen-bond donors (Lipinski definition) is 1. The molecule has 1 N–H and O–H groups in total. The van der Waals surface area contributed by atoms with Gasteiger partial charge in [0, 0.05) is 31.3 Å². The van der Waals surface area contributed by atoms with Crippen molar-refractivity contribution in [3.63, 3.8) is 0 Å². The van der Waals surface area contributed by atoms with Crippen molar-refractivity contribution in [1.29, 1.82) is 0 Å². The van der Waals surface area contributed by atoms with Crippen molar-refractivity contribution in [3.05, 3.63) is 16.1 Å². The van der Waals surface area contributed by atoms with E-state index in [0.717, 1.165) is 17.1 Å². The normalized spacial score (nSPS) is 19.5. The highest BCUT2D eigenvalue weighted by Gasteiger charge is 2.33. The molecular formula is C12H16N2O3S. The van der Waals surface area contributed by atoms with Crippen LogP contribution in [0.2, 0.25) is 0 Å². The maximum Gasteiger partial charge on any atom is 0.308 e. The summed E-state index contributed by atoms with van der Waals surface area (Å²) in [5, 5.41) is 12.0. The Hall–Kier alpha value is -1.43. The number of aromatic nitrogens is 1. The van der Waals surface area contributed by atoms with E-state index in [2.05, 4.69) is 11.9 Å². The van der Waals surface area contributed by atoms with E-state index in [-0.39, 0.29) is 12.3 Å². The number of carbonyl (C=O) groups excluding carboxylic acids is 1. The van der Waals surface area contributed by atoms with Crippen LogP contribution in [-0.2, 0) is 22.4 Å². The van der Waals surface area contributed by atoms with Gasteiger partial charge in [-0.3, -0.25) is 9.59 Å². The van der Waals surface area contributed by atoms with Gasteiger partial charge in [0.1, 0.15) is 0 Å². The van der Waals surface area contributed by atoms with Gasteiger partial charge in [0.05, 0.1) is 16.6 Å². The molecule has 1 aromatic rings. The summed E-state index contributed by atoms with van der Waals surface area (Å²) in [6.07, 6.45) is 1.76.